The van der Waals surface area contributed by atoms with Crippen LogP contribution in [0.3, 0.4) is 0 Å². The lowest BCUT2D eigenvalue weighted by molar-refractivity contribution is 0.0994. The van der Waals surface area contributed by atoms with Gasteiger partial charge in [0, 0.05) is 41.3 Å². The van der Waals surface area contributed by atoms with E-state index in [4.69, 9.17) is 5.73 Å². The summed E-state index contributed by atoms with van der Waals surface area (Å²) in [6.45, 7) is 3.60. The van der Waals surface area contributed by atoms with E-state index in [9.17, 15) is 14.4 Å². The molecule has 0 radical (unpaired) electrons. The third-order valence-corrected chi connectivity index (χ3v) is 5.87. The van der Waals surface area contributed by atoms with Gasteiger partial charge in [-0.3, -0.25) is 14.0 Å². The lowest BCUT2D eigenvalue weighted by Gasteiger charge is -2.09. The van der Waals surface area contributed by atoms with Crippen LogP contribution >= 0.6 is 0 Å². The Bertz CT molecular complexity index is 1710. The van der Waals surface area contributed by atoms with E-state index in [2.05, 4.69) is 15.4 Å². The SMILES string of the molecule is Cc1cc2cc(-c3ccc(-n4c(C)nn(C)c4=O)cc3)cn2c(C(=O)Nc2cccc(C(N)=O)c2)n1. The molecule has 0 spiro atoms. The van der Waals surface area contributed by atoms with Crippen molar-refractivity contribution in [3.05, 3.63) is 100 Å². The third-order valence-electron chi connectivity index (χ3n) is 5.87. The van der Waals surface area contributed by atoms with Crippen molar-refractivity contribution >= 4 is 23.0 Å². The van der Waals surface area contributed by atoms with Crippen molar-refractivity contribution in [1.29, 1.82) is 0 Å². The predicted molar refractivity (Wildman–Crippen MR) is 135 cm³/mol. The van der Waals surface area contributed by atoms with E-state index in [1.54, 1.807) is 41.1 Å². The van der Waals surface area contributed by atoms with Gasteiger partial charge in [0.2, 0.25) is 11.7 Å². The second-order valence-electron chi connectivity index (χ2n) is 8.48. The first kappa shape index (κ1) is 22.8. The van der Waals surface area contributed by atoms with Gasteiger partial charge in [0.25, 0.3) is 5.91 Å². The molecule has 3 aromatic heterocycles. The number of nitrogens with one attached hydrogen (secondary N) is 1. The maximum absolute atomic E-state index is 13.1. The summed E-state index contributed by atoms with van der Waals surface area (Å²) in [6.07, 6.45) is 1.84. The van der Waals surface area contributed by atoms with Crippen LogP contribution in [0.4, 0.5) is 5.69 Å². The highest BCUT2D eigenvalue weighted by Crippen LogP contribution is 2.25. The van der Waals surface area contributed by atoms with Gasteiger partial charge in [-0.25, -0.2) is 19.0 Å². The molecular weight excluding hydrogens is 458 g/mol. The van der Waals surface area contributed by atoms with E-state index >= 15 is 0 Å². The van der Waals surface area contributed by atoms with Gasteiger partial charge in [-0.2, -0.15) is 5.10 Å². The lowest BCUT2D eigenvalue weighted by atomic mass is 10.1. The topological polar surface area (TPSA) is 129 Å². The first-order valence-electron chi connectivity index (χ1n) is 11.2. The maximum atomic E-state index is 13.1. The summed E-state index contributed by atoms with van der Waals surface area (Å²) in [5, 5.41) is 6.96. The van der Waals surface area contributed by atoms with Gasteiger partial charge in [0.1, 0.15) is 5.82 Å². The minimum atomic E-state index is -0.577. The maximum Gasteiger partial charge on any atom is 0.350 e. The number of amides is 2. The average Bonchev–Trinajstić information content (AvgIpc) is 3.38. The Balaban J connectivity index is 1.49. The normalized spacial score (nSPS) is 11.1. The molecule has 0 aliphatic rings. The van der Waals surface area contributed by atoms with E-state index in [-0.39, 0.29) is 11.5 Å². The molecule has 0 aliphatic carbocycles. The second-order valence-corrected chi connectivity index (χ2v) is 8.48. The highest BCUT2D eigenvalue weighted by Gasteiger charge is 2.16. The molecule has 5 aromatic rings. The summed E-state index contributed by atoms with van der Waals surface area (Å²) in [5.41, 5.74) is 9.87. The minimum Gasteiger partial charge on any atom is -0.366 e. The highest BCUT2D eigenvalue weighted by molar-refractivity contribution is 6.03. The van der Waals surface area contributed by atoms with Gasteiger partial charge < -0.3 is 11.1 Å². The fourth-order valence-corrected chi connectivity index (χ4v) is 4.18. The monoisotopic (exact) mass is 481 g/mol. The van der Waals surface area contributed by atoms with Crippen molar-refractivity contribution in [3.63, 3.8) is 0 Å². The smallest absolute Gasteiger partial charge is 0.350 e. The van der Waals surface area contributed by atoms with Crippen molar-refractivity contribution in [2.24, 2.45) is 12.8 Å². The number of carbonyl (C=O) groups is 2. The molecule has 0 atom stereocenters. The van der Waals surface area contributed by atoms with Crippen molar-refractivity contribution in [3.8, 4) is 16.8 Å². The molecule has 3 heterocycles. The van der Waals surface area contributed by atoms with Crippen LogP contribution in [0.15, 0.2) is 71.7 Å². The molecule has 2 amide bonds. The Hall–Kier alpha value is -4.99. The summed E-state index contributed by atoms with van der Waals surface area (Å²) in [6, 6.07) is 17.8. The number of benzene rings is 2. The summed E-state index contributed by atoms with van der Waals surface area (Å²) in [4.78, 5) is 41.4. The molecule has 0 aliphatic heterocycles. The van der Waals surface area contributed by atoms with E-state index in [0.717, 1.165) is 16.6 Å². The van der Waals surface area contributed by atoms with Gasteiger partial charge in [-0.05, 0) is 61.9 Å². The number of hydrogen-bond acceptors (Lipinski definition) is 5. The van der Waals surface area contributed by atoms with E-state index in [1.165, 1.54) is 10.7 Å². The highest BCUT2D eigenvalue weighted by atomic mass is 16.2. The molecule has 5 rings (SSSR count). The van der Waals surface area contributed by atoms with Crippen LogP contribution in [-0.4, -0.2) is 35.5 Å². The Kier molecular flexibility index (Phi) is 5.48. The molecule has 180 valence electrons. The van der Waals surface area contributed by atoms with Crippen LogP contribution in [0, 0.1) is 13.8 Å². The Morgan fingerprint density at radius 2 is 1.72 bits per heavy atom. The van der Waals surface area contributed by atoms with Gasteiger partial charge in [-0.1, -0.05) is 18.2 Å². The Morgan fingerprint density at radius 1 is 0.972 bits per heavy atom. The van der Waals surface area contributed by atoms with Crippen LogP contribution in [0.2, 0.25) is 0 Å². The zero-order valence-electron chi connectivity index (χ0n) is 19.9. The summed E-state index contributed by atoms with van der Waals surface area (Å²) in [5.74, 6) is -0.195. The number of primary amides is 1. The van der Waals surface area contributed by atoms with E-state index in [0.29, 0.717) is 28.5 Å². The van der Waals surface area contributed by atoms with Gasteiger partial charge in [-0.15, -0.1) is 0 Å². The predicted octanol–water partition coefficient (Wildman–Crippen LogP) is 2.85. The molecule has 0 fully saturated rings. The van der Waals surface area contributed by atoms with Gasteiger partial charge >= 0.3 is 5.69 Å². The molecule has 36 heavy (non-hydrogen) atoms. The first-order valence-corrected chi connectivity index (χ1v) is 11.2. The van der Waals surface area contributed by atoms with E-state index in [1.807, 2.05) is 49.5 Å². The number of hydrogen-bond donors (Lipinski definition) is 2. The third kappa shape index (κ3) is 4.05. The molecule has 10 heteroatoms. The number of anilines is 1. The fourth-order valence-electron chi connectivity index (χ4n) is 4.18. The molecule has 10 nitrogen and oxygen atoms in total. The standard InChI is InChI=1S/C26H23N7O3/c1-15-11-22-13-19(17-7-9-21(10-8-17)33-16(2)30-31(3)26(33)36)14-32(22)24(28-15)25(35)29-20-6-4-5-18(12-20)23(27)34/h4-14H,1-3H3,(H2,27,34)(H,29,35). The van der Waals surface area contributed by atoms with Crippen molar-refractivity contribution < 1.29 is 9.59 Å². The van der Waals surface area contributed by atoms with E-state index < -0.39 is 11.8 Å². The molecule has 0 unspecified atom stereocenters. The number of aromatic nitrogens is 5. The molecule has 0 saturated heterocycles. The summed E-state index contributed by atoms with van der Waals surface area (Å²) >= 11 is 0. The number of aryl methyl sites for hydroxylation is 3. The van der Waals surface area contributed by atoms with Crippen molar-refractivity contribution in [2.75, 3.05) is 5.32 Å². The quantitative estimate of drug-likeness (QED) is 0.399. The number of fused-ring (bicyclic) bond motifs is 1. The number of rotatable bonds is 5. The summed E-state index contributed by atoms with van der Waals surface area (Å²) < 4.78 is 4.57. The average molecular weight is 482 g/mol. The molecular formula is C26H23N7O3. The number of carbonyl (C=O) groups excluding carboxylic acids is 2. The Morgan fingerprint density at radius 3 is 2.39 bits per heavy atom. The second kappa shape index (κ2) is 8.66. The largest absolute Gasteiger partial charge is 0.366 e. The zero-order valence-corrected chi connectivity index (χ0v) is 19.9. The van der Waals surface area contributed by atoms with Crippen LogP contribution in [0.25, 0.3) is 22.3 Å². The van der Waals surface area contributed by atoms with Crippen LogP contribution in [0.5, 0.6) is 0 Å². The zero-order chi connectivity index (χ0) is 25.6. The Labute approximate surface area is 205 Å². The molecule has 2 aromatic carbocycles. The van der Waals surface area contributed by atoms with Crippen LogP contribution < -0.4 is 16.7 Å². The number of nitrogens with two attached hydrogens (primary N) is 1. The first-order chi connectivity index (χ1) is 17.2. The van der Waals surface area contributed by atoms with Crippen molar-refractivity contribution in [1.82, 2.24) is 23.7 Å². The number of nitrogens with zero attached hydrogens (tertiary/aromatic N) is 5. The van der Waals surface area contributed by atoms with Crippen LogP contribution in [0.1, 0.15) is 32.5 Å². The molecule has 3 N–H and O–H groups in total. The van der Waals surface area contributed by atoms with Gasteiger partial charge in [0.05, 0.1) is 5.69 Å². The molecule has 0 saturated carbocycles. The van der Waals surface area contributed by atoms with Gasteiger partial charge in [0.15, 0.2) is 0 Å². The summed E-state index contributed by atoms with van der Waals surface area (Å²) in [7, 11) is 1.62. The molecule has 0 bridgehead atoms. The minimum absolute atomic E-state index is 0.204. The van der Waals surface area contributed by atoms with Crippen molar-refractivity contribution in [2.45, 2.75) is 13.8 Å². The fraction of sp³-hybridized carbons (Fsp3) is 0.115. The lowest BCUT2D eigenvalue weighted by Crippen LogP contribution is -2.21. The van der Waals surface area contributed by atoms with Crippen LogP contribution in [-0.2, 0) is 7.05 Å².